The number of hydrogen-bond donors (Lipinski definition) is 5. The monoisotopic (exact) mass is 519 g/mol. The van der Waals surface area contributed by atoms with Crippen LogP contribution in [0.1, 0.15) is 23.1 Å². The average molecular weight is 520 g/mol. The van der Waals surface area contributed by atoms with Crippen LogP contribution < -0.4 is 29.0 Å². The number of aliphatic hydroxyl groups excluding tert-OH is 3. The van der Waals surface area contributed by atoms with E-state index in [9.17, 15) is 25.2 Å². The first-order chi connectivity index (χ1) is 17.7. The van der Waals surface area contributed by atoms with Gasteiger partial charge in [0.1, 0.15) is 35.9 Å². The number of fused-ring (bicyclic) bond motifs is 5. The number of nitrogens with one attached hydrogen (secondary N) is 1. The van der Waals surface area contributed by atoms with Gasteiger partial charge in [-0.3, -0.25) is 0 Å². The van der Waals surface area contributed by atoms with Gasteiger partial charge >= 0.3 is 5.97 Å². The number of carboxylic acids is 1. The number of carbonyl (C=O) groups is 1. The van der Waals surface area contributed by atoms with Crippen molar-refractivity contribution in [3.05, 3.63) is 41.5 Å². The highest BCUT2D eigenvalue weighted by Crippen LogP contribution is 2.56. The van der Waals surface area contributed by atoms with Crippen molar-refractivity contribution < 1.29 is 53.6 Å². The maximum atomic E-state index is 12.0. The Hall–Kier alpha value is -3.29. The zero-order valence-corrected chi connectivity index (χ0v) is 20.4. The van der Waals surface area contributed by atoms with Gasteiger partial charge in [-0.05, 0) is 25.2 Å². The van der Waals surface area contributed by atoms with Gasteiger partial charge in [-0.1, -0.05) is 6.07 Å². The summed E-state index contributed by atoms with van der Waals surface area (Å²) in [6, 6.07) is 8.67. The molecule has 12 heteroatoms. The summed E-state index contributed by atoms with van der Waals surface area (Å²) in [5.74, 6) is 0.731. The zero-order valence-electron chi connectivity index (χ0n) is 20.4. The molecule has 3 aliphatic rings. The smallest absolute Gasteiger partial charge is 0.340 e. The van der Waals surface area contributed by atoms with Crippen LogP contribution >= 0.6 is 0 Å². The fourth-order valence-electron chi connectivity index (χ4n) is 5.14. The number of methoxy groups -OCH3 is 2. The van der Waals surface area contributed by atoms with Crippen LogP contribution in [0.15, 0.2) is 30.3 Å². The number of rotatable bonds is 7. The molecule has 12 nitrogen and oxygen atoms in total. The Balaban J connectivity index is 1.40. The molecule has 0 spiro atoms. The van der Waals surface area contributed by atoms with E-state index < -0.39 is 36.2 Å². The van der Waals surface area contributed by atoms with Crippen molar-refractivity contribution in [3.8, 4) is 28.7 Å². The summed E-state index contributed by atoms with van der Waals surface area (Å²) in [5, 5.41) is 43.6. The van der Waals surface area contributed by atoms with E-state index in [-0.39, 0.29) is 24.3 Å². The zero-order chi connectivity index (χ0) is 26.5. The number of hydrogen-bond acceptors (Lipinski definition) is 11. The lowest BCUT2D eigenvalue weighted by Gasteiger charge is -2.45. The minimum atomic E-state index is -2.24. The molecule has 1 saturated heterocycles. The predicted octanol–water partition coefficient (Wildman–Crippen LogP) is 0.174. The van der Waals surface area contributed by atoms with Crippen LogP contribution in [0.5, 0.6) is 28.7 Å². The molecule has 0 amide bonds. The molecule has 5 rings (SSSR count). The molecule has 0 aromatic heterocycles. The van der Waals surface area contributed by atoms with Gasteiger partial charge in [0.2, 0.25) is 17.6 Å². The molecule has 0 unspecified atom stereocenters. The molecule has 2 aromatic carbocycles. The Morgan fingerprint density at radius 1 is 1.11 bits per heavy atom. The molecule has 7 atom stereocenters. The van der Waals surface area contributed by atoms with Crippen LogP contribution in [0.4, 0.5) is 0 Å². The largest absolute Gasteiger partial charge is 0.493 e. The first-order valence-electron chi connectivity index (χ1n) is 11.7. The van der Waals surface area contributed by atoms with Crippen molar-refractivity contribution in [1.82, 2.24) is 5.32 Å². The average Bonchev–Trinajstić information content (AvgIpc) is 3.28. The molecule has 3 aliphatic heterocycles. The fourth-order valence-corrected chi connectivity index (χ4v) is 5.14. The summed E-state index contributed by atoms with van der Waals surface area (Å²) in [4.78, 5) is 12.0. The second-order valence-corrected chi connectivity index (χ2v) is 9.13. The Labute approximate surface area is 212 Å². The quantitative estimate of drug-likeness (QED) is 0.337. The summed E-state index contributed by atoms with van der Waals surface area (Å²) >= 11 is 0. The molecule has 200 valence electrons. The minimum Gasteiger partial charge on any atom is -0.493 e. The third-order valence-electron chi connectivity index (χ3n) is 7.06. The third-order valence-corrected chi connectivity index (χ3v) is 7.06. The van der Waals surface area contributed by atoms with Crippen molar-refractivity contribution >= 4 is 5.97 Å². The van der Waals surface area contributed by atoms with Crippen LogP contribution in [-0.4, -0.2) is 91.0 Å². The first kappa shape index (κ1) is 25.4. The van der Waals surface area contributed by atoms with Crippen LogP contribution in [0.3, 0.4) is 0 Å². The summed E-state index contributed by atoms with van der Waals surface area (Å²) in [6.45, 7) is -0.0169. The van der Waals surface area contributed by atoms with Crippen molar-refractivity contribution in [2.75, 3.05) is 34.4 Å². The van der Waals surface area contributed by atoms with Gasteiger partial charge in [0.15, 0.2) is 11.5 Å². The number of likely N-dealkylation sites (N-methyl/N-ethyl adjacent to an activating group) is 1. The molecule has 2 aromatic rings. The minimum absolute atomic E-state index is 0.0769. The van der Waals surface area contributed by atoms with E-state index in [2.05, 4.69) is 5.32 Å². The maximum absolute atomic E-state index is 12.0. The van der Waals surface area contributed by atoms with Crippen LogP contribution in [0, 0.1) is 0 Å². The maximum Gasteiger partial charge on any atom is 0.340 e. The molecule has 0 radical (unpaired) electrons. The Morgan fingerprint density at radius 3 is 2.54 bits per heavy atom. The molecular formula is C25H29NO11. The van der Waals surface area contributed by atoms with E-state index in [0.717, 1.165) is 11.1 Å². The molecule has 37 heavy (non-hydrogen) atoms. The van der Waals surface area contributed by atoms with Gasteiger partial charge in [-0.2, -0.15) is 0 Å². The SMILES string of the molecule is CNC[C@]1(C(=O)O)O[C@@H](Oc2ccc3c(c2)OC[C@H]2c4ccc(OC)c(OC)c4O[C@@H]32)[C@H](O)[C@@H](O)[C@@H]1O. The highest BCUT2D eigenvalue weighted by atomic mass is 16.7. The lowest BCUT2D eigenvalue weighted by atomic mass is 9.86. The highest BCUT2D eigenvalue weighted by Gasteiger charge is 2.59. The van der Waals surface area contributed by atoms with Crippen LogP contribution in [-0.2, 0) is 9.53 Å². The normalized spacial score (nSPS) is 31.7. The Morgan fingerprint density at radius 2 is 1.86 bits per heavy atom. The van der Waals surface area contributed by atoms with Crippen LogP contribution in [0.2, 0.25) is 0 Å². The summed E-state index contributed by atoms with van der Waals surface area (Å²) in [5.41, 5.74) is -0.537. The molecule has 0 bridgehead atoms. The standard InChI is InChI=1S/C25H29NO11/c1-26-10-25(24(30)31)22(29)17(27)18(28)23(37-25)35-11-4-5-13-16(8-11)34-9-14-12-6-7-15(32-2)21(33-3)20(12)36-19(13)14/h4-8,14,17-19,22-23,26-29H,9-10H2,1-3H3,(H,30,31)/t14-,17+,18+,19-,22-,23+,25-/m0/s1. The molecule has 3 heterocycles. The van der Waals surface area contributed by atoms with Gasteiger partial charge in [0.25, 0.3) is 0 Å². The van der Waals surface area contributed by atoms with Gasteiger partial charge in [-0.25, -0.2) is 4.79 Å². The molecular weight excluding hydrogens is 490 g/mol. The Kier molecular flexibility index (Phi) is 6.54. The summed E-state index contributed by atoms with van der Waals surface area (Å²) in [7, 11) is 4.57. The van der Waals surface area contributed by atoms with Crippen molar-refractivity contribution in [2.24, 2.45) is 0 Å². The van der Waals surface area contributed by atoms with E-state index in [4.69, 9.17) is 28.4 Å². The summed E-state index contributed by atoms with van der Waals surface area (Å²) < 4.78 is 34.5. The fraction of sp³-hybridized carbons (Fsp3) is 0.480. The highest BCUT2D eigenvalue weighted by molar-refractivity contribution is 5.79. The second kappa shape index (κ2) is 9.54. The third kappa shape index (κ3) is 3.92. The number of aliphatic hydroxyl groups is 3. The van der Waals surface area contributed by atoms with Gasteiger partial charge in [0, 0.05) is 23.7 Å². The lowest BCUT2D eigenvalue weighted by molar-refractivity contribution is -0.305. The van der Waals surface area contributed by atoms with Crippen molar-refractivity contribution in [2.45, 2.75) is 42.2 Å². The molecule has 0 aliphatic carbocycles. The van der Waals surface area contributed by atoms with Crippen molar-refractivity contribution in [1.29, 1.82) is 0 Å². The van der Waals surface area contributed by atoms with E-state index in [1.54, 1.807) is 32.4 Å². The number of aliphatic carboxylic acids is 1. The number of benzene rings is 2. The predicted molar refractivity (Wildman–Crippen MR) is 125 cm³/mol. The molecule has 0 saturated carbocycles. The van der Waals surface area contributed by atoms with E-state index in [1.165, 1.54) is 7.05 Å². The van der Waals surface area contributed by atoms with E-state index >= 15 is 0 Å². The van der Waals surface area contributed by atoms with Crippen LogP contribution in [0.25, 0.3) is 0 Å². The lowest BCUT2D eigenvalue weighted by Crippen LogP contribution is -2.71. The van der Waals surface area contributed by atoms with Gasteiger partial charge < -0.3 is 54.2 Å². The van der Waals surface area contributed by atoms with Crippen molar-refractivity contribution in [3.63, 3.8) is 0 Å². The first-order valence-corrected chi connectivity index (χ1v) is 11.7. The second-order valence-electron chi connectivity index (χ2n) is 9.13. The molecule has 1 fully saturated rings. The Bertz CT molecular complexity index is 1190. The van der Waals surface area contributed by atoms with Gasteiger partial charge in [-0.15, -0.1) is 0 Å². The molecule has 5 N–H and O–H groups in total. The van der Waals surface area contributed by atoms with E-state index in [0.29, 0.717) is 29.6 Å². The summed E-state index contributed by atoms with van der Waals surface area (Å²) in [6.07, 6.45) is -7.36. The van der Waals surface area contributed by atoms with Gasteiger partial charge in [0.05, 0.1) is 26.7 Å². The van der Waals surface area contributed by atoms with E-state index in [1.807, 2.05) is 12.1 Å². The number of carboxylic acid groups (broad SMARTS) is 1. The number of ether oxygens (including phenoxy) is 6. The topological polar surface area (TPSA) is 165 Å².